The highest BCUT2D eigenvalue weighted by molar-refractivity contribution is 7.99. The summed E-state index contributed by atoms with van der Waals surface area (Å²) >= 11 is 3.07. The summed E-state index contributed by atoms with van der Waals surface area (Å²) in [5.41, 5.74) is 2.38. The van der Waals surface area contributed by atoms with Crippen LogP contribution in [0.15, 0.2) is 71.7 Å². The Balaban J connectivity index is 1.32. The maximum Gasteiger partial charge on any atom is 0.273 e. The van der Waals surface area contributed by atoms with Crippen molar-refractivity contribution in [3.63, 3.8) is 0 Å². The van der Waals surface area contributed by atoms with Gasteiger partial charge >= 0.3 is 0 Å². The van der Waals surface area contributed by atoms with Gasteiger partial charge in [-0.15, -0.1) is 29.7 Å². The molecule has 8 heteroatoms. The van der Waals surface area contributed by atoms with Crippen molar-refractivity contribution in [2.45, 2.75) is 30.2 Å². The zero-order chi connectivity index (χ0) is 24.6. The molecular formula is C27H30N4O2S2. The van der Waals surface area contributed by atoms with E-state index >= 15 is 0 Å². The number of thiazole rings is 1. The van der Waals surface area contributed by atoms with Crippen LogP contribution in [-0.2, 0) is 6.42 Å². The number of piperidine rings is 1. The van der Waals surface area contributed by atoms with Crippen molar-refractivity contribution in [3.8, 4) is 0 Å². The normalized spacial score (nSPS) is 14.0. The molecule has 4 rings (SSSR count). The van der Waals surface area contributed by atoms with E-state index in [2.05, 4.69) is 28.7 Å². The molecule has 1 aliphatic heterocycles. The first kappa shape index (κ1) is 25.1. The number of thioether (sulfide) groups is 1. The number of likely N-dealkylation sites (tertiary alicyclic amines) is 1. The Morgan fingerprint density at radius 1 is 1.20 bits per heavy atom. The lowest BCUT2D eigenvalue weighted by Gasteiger charge is -2.31. The number of amides is 2. The minimum atomic E-state index is -0.0443. The Kier molecular flexibility index (Phi) is 8.71. The van der Waals surface area contributed by atoms with Crippen LogP contribution in [0.2, 0.25) is 0 Å². The van der Waals surface area contributed by atoms with Crippen LogP contribution in [0.4, 0.5) is 0 Å². The number of hydrogen-bond acceptors (Lipinski definition) is 6. The molecule has 1 fully saturated rings. The summed E-state index contributed by atoms with van der Waals surface area (Å²) in [7, 11) is 1.83. The highest BCUT2D eigenvalue weighted by Gasteiger charge is 2.28. The van der Waals surface area contributed by atoms with Gasteiger partial charge in [-0.05, 0) is 37.0 Å². The molecule has 3 aromatic rings. The van der Waals surface area contributed by atoms with Crippen molar-refractivity contribution in [2.75, 3.05) is 32.4 Å². The summed E-state index contributed by atoms with van der Waals surface area (Å²) in [6.45, 7) is 5.74. The van der Waals surface area contributed by atoms with E-state index in [9.17, 15) is 9.59 Å². The van der Waals surface area contributed by atoms with Gasteiger partial charge in [0.05, 0.1) is 10.6 Å². The van der Waals surface area contributed by atoms with E-state index in [1.54, 1.807) is 22.4 Å². The van der Waals surface area contributed by atoms with Gasteiger partial charge in [-0.3, -0.25) is 9.59 Å². The molecule has 35 heavy (non-hydrogen) atoms. The Morgan fingerprint density at radius 3 is 2.71 bits per heavy atom. The summed E-state index contributed by atoms with van der Waals surface area (Å²) in [5.74, 6) is 0.963. The van der Waals surface area contributed by atoms with Gasteiger partial charge in [-0.1, -0.05) is 36.4 Å². The summed E-state index contributed by atoms with van der Waals surface area (Å²) in [6, 6.07) is 13.8. The van der Waals surface area contributed by atoms with Crippen LogP contribution in [0.25, 0.3) is 0 Å². The molecule has 1 aliphatic rings. The maximum absolute atomic E-state index is 13.1. The van der Waals surface area contributed by atoms with Crippen molar-refractivity contribution >= 4 is 34.9 Å². The van der Waals surface area contributed by atoms with Gasteiger partial charge in [0.15, 0.2) is 0 Å². The molecule has 3 heterocycles. The largest absolute Gasteiger partial charge is 0.340 e. The molecule has 0 aliphatic carbocycles. The highest BCUT2D eigenvalue weighted by atomic mass is 32.2. The third-order valence-electron chi connectivity index (χ3n) is 6.14. The molecule has 0 unspecified atom stereocenters. The van der Waals surface area contributed by atoms with Crippen molar-refractivity contribution in [2.24, 2.45) is 0 Å². The van der Waals surface area contributed by atoms with E-state index in [0.29, 0.717) is 36.6 Å². The Bertz CT molecular complexity index is 1160. The summed E-state index contributed by atoms with van der Waals surface area (Å²) in [4.78, 5) is 38.7. The molecule has 0 bridgehead atoms. The maximum atomic E-state index is 13.1. The molecule has 0 radical (unpaired) electrons. The van der Waals surface area contributed by atoms with E-state index in [0.717, 1.165) is 29.3 Å². The first-order chi connectivity index (χ1) is 17.1. The van der Waals surface area contributed by atoms with E-state index in [4.69, 9.17) is 0 Å². The number of likely N-dealkylation sites (N-methyl/N-ethyl adjacent to an activating group) is 1. The third kappa shape index (κ3) is 6.38. The number of hydrogen-bond donors (Lipinski definition) is 0. The summed E-state index contributed by atoms with van der Waals surface area (Å²) in [6.07, 6.45) is 6.03. The van der Waals surface area contributed by atoms with Gasteiger partial charge in [-0.2, -0.15) is 0 Å². The number of nitrogens with zero attached hydrogens (tertiary/aromatic N) is 4. The fourth-order valence-corrected chi connectivity index (χ4v) is 5.81. The first-order valence-corrected chi connectivity index (χ1v) is 13.7. The standard InChI is InChI=1S/C27H30N4O2S2/c1-3-18-34-25-22(10-7-14-28-25)26(32)31-16-12-21(13-17-31)24-29-23(19-35-24)27(33)30(2)15-11-20-8-5-4-6-9-20/h3-10,14,19,21H,1,11-13,15-18H2,2H3. The van der Waals surface area contributed by atoms with Gasteiger partial charge in [0.25, 0.3) is 11.8 Å². The summed E-state index contributed by atoms with van der Waals surface area (Å²) in [5, 5.41) is 3.60. The second kappa shape index (κ2) is 12.1. The van der Waals surface area contributed by atoms with Gasteiger partial charge in [0, 0.05) is 49.9 Å². The van der Waals surface area contributed by atoms with E-state index in [1.165, 1.54) is 17.3 Å². The van der Waals surface area contributed by atoms with Gasteiger partial charge in [0.2, 0.25) is 0 Å². The van der Waals surface area contributed by atoms with Crippen molar-refractivity contribution in [3.05, 3.63) is 88.5 Å². The number of carbonyl (C=O) groups is 2. The molecule has 0 spiro atoms. The highest BCUT2D eigenvalue weighted by Crippen LogP contribution is 2.32. The average Bonchev–Trinajstić information content (AvgIpc) is 3.41. The van der Waals surface area contributed by atoms with Crippen LogP contribution in [0, 0.1) is 0 Å². The van der Waals surface area contributed by atoms with E-state index in [-0.39, 0.29) is 17.7 Å². The predicted molar refractivity (Wildman–Crippen MR) is 142 cm³/mol. The number of carbonyl (C=O) groups excluding carboxylic acids is 2. The predicted octanol–water partition coefficient (Wildman–Crippen LogP) is 5.15. The Labute approximate surface area is 215 Å². The number of rotatable bonds is 9. The fourth-order valence-electron chi connectivity index (χ4n) is 4.12. The molecule has 0 atom stereocenters. The Hall–Kier alpha value is -2.97. The summed E-state index contributed by atoms with van der Waals surface area (Å²) < 4.78 is 0. The SMILES string of the molecule is C=CCSc1ncccc1C(=O)N1CCC(c2nc(C(=O)N(C)CCc3ccccc3)cs2)CC1. The van der Waals surface area contributed by atoms with E-state index < -0.39 is 0 Å². The monoisotopic (exact) mass is 506 g/mol. The lowest BCUT2D eigenvalue weighted by molar-refractivity contribution is 0.0708. The van der Waals surface area contributed by atoms with Crippen LogP contribution < -0.4 is 0 Å². The van der Waals surface area contributed by atoms with Gasteiger partial charge in [-0.25, -0.2) is 9.97 Å². The zero-order valence-electron chi connectivity index (χ0n) is 19.9. The topological polar surface area (TPSA) is 66.4 Å². The lowest BCUT2D eigenvalue weighted by Crippen LogP contribution is -2.38. The third-order valence-corrected chi connectivity index (χ3v) is 8.15. The van der Waals surface area contributed by atoms with Crippen molar-refractivity contribution < 1.29 is 9.59 Å². The van der Waals surface area contributed by atoms with Crippen molar-refractivity contribution in [1.29, 1.82) is 0 Å². The van der Waals surface area contributed by atoms with Crippen LogP contribution in [0.1, 0.15) is 50.2 Å². The lowest BCUT2D eigenvalue weighted by atomic mass is 9.97. The molecule has 1 aromatic carbocycles. The van der Waals surface area contributed by atoms with Crippen LogP contribution in [-0.4, -0.2) is 64.0 Å². The molecule has 0 saturated carbocycles. The van der Waals surface area contributed by atoms with Gasteiger partial charge in [0.1, 0.15) is 10.7 Å². The zero-order valence-corrected chi connectivity index (χ0v) is 21.6. The molecule has 1 saturated heterocycles. The Morgan fingerprint density at radius 2 is 1.97 bits per heavy atom. The second-order valence-corrected chi connectivity index (χ2v) is 10.5. The number of pyridine rings is 1. The molecule has 182 valence electrons. The fraction of sp³-hybridized carbons (Fsp3) is 0.333. The van der Waals surface area contributed by atoms with Crippen molar-refractivity contribution in [1.82, 2.24) is 19.8 Å². The minimum Gasteiger partial charge on any atom is -0.340 e. The average molecular weight is 507 g/mol. The number of aromatic nitrogens is 2. The molecule has 2 amide bonds. The van der Waals surface area contributed by atoms with E-state index in [1.807, 2.05) is 53.7 Å². The quantitative estimate of drug-likeness (QED) is 0.297. The molecular weight excluding hydrogens is 476 g/mol. The van der Waals surface area contributed by atoms with Crippen LogP contribution in [0.3, 0.4) is 0 Å². The smallest absolute Gasteiger partial charge is 0.273 e. The first-order valence-electron chi connectivity index (χ1n) is 11.8. The number of benzene rings is 1. The van der Waals surface area contributed by atoms with Gasteiger partial charge < -0.3 is 9.80 Å². The molecule has 0 N–H and O–H groups in total. The van der Waals surface area contributed by atoms with Crippen LogP contribution >= 0.6 is 23.1 Å². The molecule has 2 aromatic heterocycles. The molecule has 6 nitrogen and oxygen atoms in total. The minimum absolute atomic E-state index is 0.0261. The second-order valence-electron chi connectivity index (χ2n) is 8.56. The van der Waals surface area contributed by atoms with Crippen LogP contribution in [0.5, 0.6) is 0 Å².